The molecule has 2 aliphatic rings. The summed E-state index contributed by atoms with van der Waals surface area (Å²) in [5.41, 5.74) is 1.13. The number of allylic oxidation sites excluding steroid dienone is 1. The molecule has 0 saturated carbocycles. The minimum atomic E-state index is -0.398. The van der Waals surface area contributed by atoms with Gasteiger partial charge in [-0.25, -0.2) is 0 Å². The number of carbonyl (C=O) groups is 1. The second kappa shape index (κ2) is 7.27. The molecule has 0 bridgehead atoms. The Hall–Kier alpha value is -0.360. The van der Waals surface area contributed by atoms with Crippen molar-refractivity contribution in [3.63, 3.8) is 0 Å². The lowest BCUT2D eigenvalue weighted by Gasteiger charge is -2.43. The van der Waals surface area contributed by atoms with E-state index in [9.17, 15) is 9.90 Å². The van der Waals surface area contributed by atoms with E-state index in [2.05, 4.69) is 41.7 Å². The van der Waals surface area contributed by atoms with Crippen molar-refractivity contribution in [2.75, 3.05) is 4.43 Å². The molecule has 0 fully saturated rings. The van der Waals surface area contributed by atoms with E-state index in [1.807, 2.05) is 19.9 Å². The van der Waals surface area contributed by atoms with Crippen LogP contribution in [0, 0.1) is 23.7 Å². The normalized spacial score (nSPS) is 36.6. The summed E-state index contributed by atoms with van der Waals surface area (Å²) >= 11 is 2.38. The fourth-order valence-electron chi connectivity index (χ4n) is 3.22. The minimum Gasteiger partial charge on any atom is -0.461 e. The first-order chi connectivity index (χ1) is 9.99. The lowest BCUT2D eigenvalue weighted by Crippen LogP contribution is -2.44. The monoisotopic (exact) mass is 404 g/mol. The summed E-state index contributed by atoms with van der Waals surface area (Å²) in [4.78, 5) is 12.1. The van der Waals surface area contributed by atoms with Gasteiger partial charge in [-0.15, -0.1) is 0 Å². The van der Waals surface area contributed by atoms with Crippen molar-refractivity contribution >= 4 is 28.6 Å². The molecule has 0 heterocycles. The molecule has 118 valence electrons. The number of rotatable bonds is 4. The third kappa shape index (κ3) is 3.52. The van der Waals surface area contributed by atoms with Crippen LogP contribution in [0.15, 0.2) is 23.8 Å². The van der Waals surface area contributed by atoms with Gasteiger partial charge in [0.2, 0.25) is 0 Å². The van der Waals surface area contributed by atoms with Crippen LogP contribution < -0.4 is 0 Å². The first-order valence-corrected chi connectivity index (χ1v) is 9.34. The molecular weight excluding hydrogens is 379 g/mol. The predicted octanol–water partition coefficient (Wildman–Crippen LogP) is 3.51. The molecule has 0 saturated heterocycles. The maximum Gasteiger partial charge on any atom is 0.308 e. The van der Waals surface area contributed by atoms with E-state index in [0.717, 1.165) is 22.8 Å². The maximum atomic E-state index is 12.1. The Morgan fingerprint density at radius 3 is 2.90 bits per heavy atom. The predicted molar refractivity (Wildman–Crippen MR) is 92.2 cm³/mol. The molecule has 3 nitrogen and oxygen atoms in total. The lowest BCUT2D eigenvalue weighted by molar-refractivity contribution is -0.157. The van der Waals surface area contributed by atoms with Crippen LogP contribution in [0.5, 0.6) is 0 Å². The summed E-state index contributed by atoms with van der Waals surface area (Å²) in [7, 11) is 0. The van der Waals surface area contributed by atoms with Crippen LogP contribution in [0.3, 0.4) is 0 Å². The van der Waals surface area contributed by atoms with Crippen molar-refractivity contribution in [2.24, 2.45) is 23.7 Å². The topological polar surface area (TPSA) is 46.5 Å². The van der Waals surface area contributed by atoms with Crippen LogP contribution in [0.2, 0.25) is 0 Å². The van der Waals surface area contributed by atoms with Crippen molar-refractivity contribution < 1.29 is 14.6 Å². The van der Waals surface area contributed by atoms with Gasteiger partial charge < -0.3 is 9.84 Å². The molecule has 0 spiro atoms. The van der Waals surface area contributed by atoms with Gasteiger partial charge in [-0.05, 0) is 23.8 Å². The Balaban J connectivity index is 2.22. The van der Waals surface area contributed by atoms with Crippen molar-refractivity contribution in [3.05, 3.63) is 23.8 Å². The highest BCUT2D eigenvalue weighted by atomic mass is 127. The van der Waals surface area contributed by atoms with Gasteiger partial charge in [-0.3, -0.25) is 4.79 Å². The summed E-state index contributed by atoms with van der Waals surface area (Å²) in [5, 5.41) is 10.2. The van der Waals surface area contributed by atoms with Gasteiger partial charge in [0.15, 0.2) is 0 Å². The highest BCUT2D eigenvalue weighted by molar-refractivity contribution is 14.1. The molecule has 0 radical (unpaired) electrons. The molecule has 1 N–H and O–H groups in total. The van der Waals surface area contributed by atoms with Crippen molar-refractivity contribution in [1.29, 1.82) is 0 Å². The zero-order chi connectivity index (χ0) is 15.6. The molecule has 2 unspecified atom stereocenters. The van der Waals surface area contributed by atoms with Crippen LogP contribution in [0.25, 0.3) is 0 Å². The van der Waals surface area contributed by atoms with Gasteiger partial charge in [0.1, 0.15) is 6.10 Å². The molecule has 0 amide bonds. The third-order valence-electron chi connectivity index (χ3n) is 4.96. The minimum absolute atomic E-state index is 0.0482. The van der Waals surface area contributed by atoms with Gasteiger partial charge in [-0.2, -0.15) is 0 Å². The van der Waals surface area contributed by atoms with Crippen LogP contribution in [0.1, 0.15) is 33.6 Å². The summed E-state index contributed by atoms with van der Waals surface area (Å²) < 4.78 is 6.77. The van der Waals surface area contributed by atoms with Crippen molar-refractivity contribution in [3.8, 4) is 0 Å². The fraction of sp³-hybridized carbons (Fsp3) is 0.706. The van der Waals surface area contributed by atoms with E-state index in [1.165, 1.54) is 0 Å². The largest absolute Gasteiger partial charge is 0.461 e. The number of aliphatic hydroxyl groups excluding tert-OH is 1. The number of carbonyl (C=O) groups excluding carboxylic acids is 1. The van der Waals surface area contributed by atoms with Gasteiger partial charge in [0, 0.05) is 16.8 Å². The third-order valence-corrected chi connectivity index (χ3v) is 5.98. The molecule has 0 aromatic heterocycles. The molecule has 4 heteroatoms. The average molecular weight is 404 g/mol. The van der Waals surface area contributed by atoms with E-state index in [-0.39, 0.29) is 29.8 Å². The van der Waals surface area contributed by atoms with Gasteiger partial charge in [0.05, 0.1) is 12.0 Å². The number of alkyl halides is 1. The Bertz CT molecular complexity index is 443. The smallest absolute Gasteiger partial charge is 0.308 e. The molecule has 2 rings (SSSR count). The Morgan fingerprint density at radius 1 is 1.57 bits per heavy atom. The van der Waals surface area contributed by atoms with E-state index in [0.29, 0.717) is 5.92 Å². The summed E-state index contributed by atoms with van der Waals surface area (Å²) in [6, 6.07) is 0. The van der Waals surface area contributed by atoms with Crippen LogP contribution in [-0.2, 0) is 9.53 Å². The van der Waals surface area contributed by atoms with Crippen LogP contribution in [0.4, 0.5) is 0 Å². The number of ether oxygens (including phenoxy) is 1. The van der Waals surface area contributed by atoms with Gasteiger partial charge >= 0.3 is 5.97 Å². The average Bonchev–Trinajstić information content (AvgIpc) is 2.48. The summed E-state index contributed by atoms with van der Waals surface area (Å²) in [5.74, 6) is 0.627. The standard InChI is InChI=1S/C17H25IO3/c1-4-10(2)17(20)21-15-7-5-6-12-8-14(19)11(3)13(9-18)16(12)15/h5-6,8,10-11,13-16,19H,4,7,9H2,1-3H3/t10?,11-,13+,14?,15+,16+/m1/s1. The lowest BCUT2D eigenvalue weighted by atomic mass is 9.67. The molecule has 0 aromatic rings. The Morgan fingerprint density at radius 2 is 2.29 bits per heavy atom. The van der Waals surface area contributed by atoms with Crippen LogP contribution >= 0.6 is 22.6 Å². The Kier molecular flexibility index (Phi) is 5.88. The zero-order valence-corrected chi connectivity index (χ0v) is 15.1. The number of hydrogen-bond acceptors (Lipinski definition) is 3. The van der Waals surface area contributed by atoms with E-state index in [4.69, 9.17) is 4.74 Å². The van der Waals surface area contributed by atoms with Crippen molar-refractivity contribution in [2.45, 2.75) is 45.8 Å². The maximum absolute atomic E-state index is 12.1. The quantitative estimate of drug-likeness (QED) is 0.443. The van der Waals surface area contributed by atoms with E-state index >= 15 is 0 Å². The molecule has 6 atom stereocenters. The zero-order valence-electron chi connectivity index (χ0n) is 13.0. The number of aliphatic hydroxyl groups is 1. The first kappa shape index (κ1) is 17.0. The Labute approximate surface area is 141 Å². The summed E-state index contributed by atoms with van der Waals surface area (Å²) in [6.07, 6.45) is 7.19. The van der Waals surface area contributed by atoms with E-state index in [1.54, 1.807) is 0 Å². The van der Waals surface area contributed by atoms with E-state index < -0.39 is 6.10 Å². The molecule has 21 heavy (non-hydrogen) atoms. The van der Waals surface area contributed by atoms with Gasteiger partial charge in [0.25, 0.3) is 0 Å². The number of halogens is 1. The number of fused-ring (bicyclic) bond motifs is 1. The summed E-state index contributed by atoms with van der Waals surface area (Å²) in [6.45, 7) is 6.01. The molecule has 0 aromatic carbocycles. The second-order valence-corrected chi connectivity index (χ2v) is 7.16. The SMILES string of the molecule is CCC(C)C(=O)O[C@H]1CC=CC2=CC(O)[C@H](C)[C@H](CI)[C@H]21. The number of esters is 1. The van der Waals surface area contributed by atoms with Crippen LogP contribution in [-0.4, -0.2) is 27.7 Å². The van der Waals surface area contributed by atoms with Gasteiger partial charge in [-0.1, -0.05) is 61.6 Å². The van der Waals surface area contributed by atoms with Crippen molar-refractivity contribution in [1.82, 2.24) is 0 Å². The molecule has 2 aliphatic carbocycles. The number of hydrogen-bond donors (Lipinski definition) is 1. The second-order valence-electron chi connectivity index (χ2n) is 6.28. The first-order valence-electron chi connectivity index (χ1n) is 7.82. The highest BCUT2D eigenvalue weighted by Crippen LogP contribution is 2.43. The molecular formula is C17H25IO3. The molecule has 0 aliphatic heterocycles. The fourth-order valence-corrected chi connectivity index (χ4v) is 4.57. The highest BCUT2D eigenvalue weighted by Gasteiger charge is 2.42.